The fraction of sp³-hybridized carbons (Fsp3) is 0.304. The second kappa shape index (κ2) is 9.54. The lowest BCUT2D eigenvalue weighted by molar-refractivity contribution is -0.384. The van der Waals surface area contributed by atoms with Crippen molar-refractivity contribution < 1.29 is 27.6 Å². The van der Waals surface area contributed by atoms with Crippen LogP contribution < -0.4 is 10.1 Å². The van der Waals surface area contributed by atoms with Gasteiger partial charge in [0.15, 0.2) is 5.69 Å². The van der Waals surface area contributed by atoms with Crippen LogP contribution in [0.4, 0.5) is 24.5 Å². The molecule has 0 saturated heterocycles. The first-order valence-corrected chi connectivity index (χ1v) is 10.3. The van der Waals surface area contributed by atoms with Gasteiger partial charge in [0.2, 0.25) is 5.91 Å². The topological polar surface area (TPSA) is 99.3 Å². The maximum Gasteiger partial charge on any atom is 0.435 e. The quantitative estimate of drug-likeness (QED) is 0.343. The fourth-order valence-corrected chi connectivity index (χ4v) is 3.21. The number of alkyl halides is 3. The van der Waals surface area contributed by atoms with Crippen LogP contribution in [0.5, 0.6) is 11.5 Å². The Hall–Kier alpha value is -3.89. The van der Waals surface area contributed by atoms with Gasteiger partial charge in [-0.15, -0.1) is 0 Å². The van der Waals surface area contributed by atoms with Crippen molar-refractivity contribution in [2.45, 2.75) is 40.4 Å². The SMILES string of the molecule is Cc1ccc(C)c(Oc2cc(NC(=O)C(C)Cn3nc(C(F)(F)F)cc3C)cc([N+](=O)[O-])c2)c1. The van der Waals surface area contributed by atoms with E-state index in [1.807, 2.05) is 26.0 Å². The minimum absolute atomic E-state index is 0.103. The maximum absolute atomic E-state index is 12.9. The molecule has 0 aliphatic heterocycles. The summed E-state index contributed by atoms with van der Waals surface area (Å²) in [5.74, 6) is -0.645. The van der Waals surface area contributed by atoms with Crippen LogP contribution in [-0.2, 0) is 17.5 Å². The van der Waals surface area contributed by atoms with Crippen LogP contribution in [0.3, 0.4) is 0 Å². The van der Waals surface area contributed by atoms with E-state index in [4.69, 9.17) is 4.74 Å². The number of carbonyl (C=O) groups is 1. The zero-order valence-corrected chi connectivity index (χ0v) is 18.9. The van der Waals surface area contributed by atoms with Crippen LogP contribution in [0.25, 0.3) is 0 Å². The number of ether oxygens (including phenoxy) is 1. The molecule has 1 heterocycles. The number of anilines is 1. The Morgan fingerprint density at radius 1 is 1.18 bits per heavy atom. The number of non-ortho nitro benzene ring substituents is 1. The molecular weight excluding hydrogens is 453 g/mol. The second-order valence-electron chi connectivity index (χ2n) is 8.08. The zero-order chi connectivity index (χ0) is 25.2. The van der Waals surface area contributed by atoms with E-state index in [1.54, 1.807) is 6.07 Å². The Kier molecular flexibility index (Phi) is 6.94. The Balaban J connectivity index is 1.80. The van der Waals surface area contributed by atoms with Crippen LogP contribution in [0.2, 0.25) is 0 Å². The highest BCUT2D eigenvalue weighted by atomic mass is 19.4. The van der Waals surface area contributed by atoms with Crippen LogP contribution in [0.15, 0.2) is 42.5 Å². The molecule has 11 heteroatoms. The third-order valence-corrected chi connectivity index (χ3v) is 5.11. The van der Waals surface area contributed by atoms with Gasteiger partial charge in [-0.3, -0.25) is 19.6 Å². The maximum atomic E-state index is 12.9. The predicted molar refractivity (Wildman–Crippen MR) is 119 cm³/mol. The molecule has 3 rings (SSSR count). The number of benzene rings is 2. The summed E-state index contributed by atoms with van der Waals surface area (Å²) in [7, 11) is 0. The number of hydrogen-bond donors (Lipinski definition) is 1. The second-order valence-corrected chi connectivity index (χ2v) is 8.08. The van der Waals surface area contributed by atoms with Gasteiger partial charge in [-0.1, -0.05) is 19.1 Å². The molecule has 3 aromatic rings. The Labute approximate surface area is 193 Å². The van der Waals surface area contributed by atoms with Crippen molar-refractivity contribution >= 4 is 17.3 Å². The van der Waals surface area contributed by atoms with Crippen molar-refractivity contribution in [2.24, 2.45) is 5.92 Å². The van der Waals surface area contributed by atoms with Crippen LogP contribution >= 0.6 is 0 Å². The first-order chi connectivity index (χ1) is 15.8. The highest BCUT2D eigenvalue weighted by Gasteiger charge is 2.34. The summed E-state index contributed by atoms with van der Waals surface area (Å²) in [5, 5.41) is 17.5. The molecule has 8 nitrogen and oxygen atoms in total. The average Bonchev–Trinajstić information content (AvgIpc) is 3.11. The molecular formula is C23H23F3N4O4. The summed E-state index contributed by atoms with van der Waals surface area (Å²) in [4.78, 5) is 23.5. The number of nitro groups is 1. The van der Waals surface area contributed by atoms with Gasteiger partial charge in [-0.25, -0.2) is 0 Å². The summed E-state index contributed by atoms with van der Waals surface area (Å²) in [6, 6.07) is 10.3. The summed E-state index contributed by atoms with van der Waals surface area (Å²) in [6.45, 7) is 6.59. The zero-order valence-electron chi connectivity index (χ0n) is 18.9. The van der Waals surface area contributed by atoms with Gasteiger partial charge < -0.3 is 10.1 Å². The van der Waals surface area contributed by atoms with Crippen molar-refractivity contribution in [1.82, 2.24) is 9.78 Å². The highest BCUT2D eigenvalue weighted by Crippen LogP contribution is 2.32. The van der Waals surface area contributed by atoms with Gasteiger partial charge in [0, 0.05) is 17.8 Å². The van der Waals surface area contributed by atoms with E-state index in [0.717, 1.165) is 21.9 Å². The molecule has 0 radical (unpaired) electrons. The van der Waals surface area contributed by atoms with Gasteiger partial charge in [0.25, 0.3) is 5.69 Å². The Morgan fingerprint density at radius 2 is 1.88 bits per heavy atom. The van der Waals surface area contributed by atoms with E-state index in [1.165, 1.54) is 32.0 Å². The minimum atomic E-state index is -4.59. The number of amides is 1. The highest BCUT2D eigenvalue weighted by molar-refractivity contribution is 5.92. The van der Waals surface area contributed by atoms with Gasteiger partial charge in [0.05, 0.1) is 29.1 Å². The summed E-state index contributed by atoms with van der Waals surface area (Å²) in [5.41, 5.74) is 0.819. The van der Waals surface area contributed by atoms with Gasteiger partial charge >= 0.3 is 6.18 Å². The number of hydrogen-bond acceptors (Lipinski definition) is 5. The molecule has 1 N–H and O–H groups in total. The average molecular weight is 476 g/mol. The van der Waals surface area contributed by atoms with Crippen LogP contribution in [0, 0.1) is 36.8 Å². The Morgan fingerprint density at radius 3 is 2.50 bits per heavy atom. The van der Waals surface area contributed by atoms with E-state index in [9.17, 15) is 28.1 Å². The van der Waals surface area contributed by atoms with Crippen molar-refractivity contribution in [3.8, 4) is 11.5 Å². The lowest BCUT2D eigenvalue weighted by Gasteiger charge is -2.15. The predicted octanol–water partition coefficient (Wildman–Crippen LogP) is 5.80. The normalized spacial score (nSPS) is 12.3. The van der Waals surface area contributed by atoms with Gasteiger partial charge in [0.1, 0.15) is 11.5 Å². The number of aromatic nitrogens is 2. The molecule has 34 heavy (non-hydrogen) atoms. The third kappa shape index (κ3) is 5.91. The fourth-order valence-electron chi connectivity index (χ4n) is 3.21. The molecule has 1 atom stereocenters. The molecule has 2 aromatic carbocycles. The summed E-state index contributed by atoms with van der Waals surface area (Å²) in [6.07, 6.45) is -4.59. The number of aryl methyl sites for hydroxylation is 3. The van der Waals surface area contributed by atoms with E-state index >= 15 is 0 Å². The largest absolute Gasteiger partial charge is 0.457 e. The first kappa shape index (κ1) is 24.7. The van der Waals surface area contributed by atoms with Crippen molar-refractivity contribution in [3.05, 3.63) is 75.1 Å². The van der Waals surface area contributed by atoms with Crippen molar-refractivity contribution in [1.29, 1.82) is 0 Å². The number of nitro benzene ring substituents is 1. The van der Waals surface area contributed by atoms with Crippen molar-refractivity contribution in [3.63, 3.8) is 0 Å². The molecule has 0 fully saturated rings. The third-order valence-electron chi connectivity index (χ3n) is 5.11. The lowest BCUT2D eigenvalue weighted by Crippen LogP contribution is -2.25. The standard InChI is InChI=1S/C23H23F3N4O4/c1-13-5-6-14(2)20(7-13)34-19-10-17(9-18(11-19)30(32)33)27-22(31)15(3)12-29-16(4)8-21(28-29)23(24,25)26/h5-11,15H,12H2,1-4H3,(H,27,31). The molecule has 0 bridgehead atoms. The van der Waals surface area contributed by atoms with Gasteiger partial charge in [-0.05, 0) is 44.0 Å². The summed E-state index contributed by atoms with van der Waals surface area (Å²) < 4.78 is 45.6. The number of carbonyl (C=O) groups excluding carboxylic acids is 1. The van der Waals surface area contributed by atoms with E-state index in [0.29, 0.717) is 5.75 Å². The number of rotatable bonds is 7. The van der Waals surface area contributed by atoms with E-state index < -0.39 is 28.6 Å². The smallest absolute Gasteiger partial charge is 0.435 e. The molecule has 1 amide bonds. The molecule has 0 aliphatic rings. The summed E-state index contributed by atoms with van der Waals surface area (Å²) >= 11 is 0. The monoisotopic (exact) mass is 476 g/mol. The molecule has 180 valence electrons. The molecule has 0 spiro atoms. The molecule has 0 saturated carbocycles. The molecule has 1 unspecified atom stereocenters. The number of nitrogens with one attached hydrogen (secondary N) is 1. The van der Waals surface area contributed by atoms with E-state index in [2.05, 4.69) is 10.4 Å². The molecule has 1 aromatic heterocycles. The minimum Gasteiger partial charge on any atom is -0.457 e. The van der Waals surface area contributed by atoms with Gasteiger partial charge in [-0.2, -0.15) is 18.3 Å². The lowest BCUT2D eigenvalue weighted by atomic mass is 10.1. The van der Waals surface area contributed by atoms with Crippen molar-refractivity contribution in [2.75, 3.05) is 5.32 Å². The first-order valence-electron chi connectivity index (χ1n) is 10.3. The van der Waals surface area contributed by atoms with Crippen LogP contribution in [-0.4, -0.2) is 20.6 Å². The molecule has 0 aliphatic carbocycles. The Bertz CT molecular complexity index is 1240. The van der Waals surface area contributed by atoms with Crippen LogP contribution in [0.1, 0.15) is 29.4 Å². The number of nitrogens with zero attached hydrogens (tertiary/aromatic N) is 3. The number of halogens is 3. The van der Waals surface area contributed by atoms with E-state index in [-0.39, 0.29) is 29.4 Å².